The summed E-state index contributed by atoms with van der Waals surface area (Å²) >= 11 is 0. The first-order valence-corrected chi connectivity index (χ1v) is 6.00. The van der Waals surface area contributed by atoms with Crippen molar-refractivity contribution >= 4 is 5.82 Å². The smallest absolute Gasteiger partial charge is 0.218 e. The lowest BCUT2D eigenvalue weighted by Crippen LogP contribution is -2.05. The van der Waals surface area contributed by atoms with E-state index < -0.39 is 0 Å². The van der Waals surface area contributed by atoms with Crippen molar-refractivity contribution in [3.8, 4) is 11.8 Å². The number of nitrogens with one attached hydrogen (secondary N) is 1. The van der Waals surface area contributed by atoms with Crippen molar-refractivity contribution < 1.29 is 9.47 Å². The molecule has 0 saturated heterocycles. The molecular weight excluding hydrogens is 244 g/mol. The summed E-state index contributed by atoms with van der Waals surface area (Å²) in [5.41, 5.74) is 0.960. The average molecular weight is 260 g/mol. The van der Waals surface area contributed by atoms with E-state index in [1.807, 2.05) is 19.1 Å². The van der Waals surface area contributed by atoms with Crippen LogP contribution in [0, 0.1) is 0 Å². The van der Waals surface area contributed by atoms with Crippen LogP contribution in [-0.2, 0) is 6.54 Å². The number of pyridine rings is 1. The maximum atomic E-state index is 5.32. The highest BCUT2D eigenvalue weighted by atomic mass is 16.5. The van der Waals surface area contributed by atoms with E-state index in [1.165, 1.54) is 6.33 Å². The van der Waals surface area contributed by atoms with Crippen molar-refractivity contribution in [2.75, 3.05) is 19.0 Å². The van der Waals surface area contributed by atoms with E-state index in [2.05, 4.69) is 20.3 Å². The Morgan fingerprint density at radius 2 is 2.16 bits per heavy atom. The molecule has 2 aromatic rings. The second-order valence-corrected chi connectivity index (χ2v) is 3.70. The summed E-state index contributed by atoms with van der Waals surface area (Å²) in [5.74, 6) is 1.86. The molecule has 0 aliphatic carbocycles. The highest BCUT2D eigenvalue weighted by Gasteiger charge is 2.04. The summed E-state index contributed by atoms with van der Waals surface area (Å²) in [7, 11) is 1.60. The van der Waals surface area contributed by atoms with E-state index in [-0.39, 0.29) is 0 Å². The Kier molecular flexibility index (Phi) is 4.49. The van der Waals surface area contributed by atoms with Gasteiger partial charge in [0, 0.05) is 24.4 Å². The Hall–Kier alpha value is -2.37. The molecule has 6 nitrogen and oxygen atoms in total. The third-order valence-corrected chi connectivity index (χ3v) is 2.44. The summed E-state index contributed by atoms with van der Waals surface area (Å²) in [6.45, 7) is 3.06. The lowest BCUT2D eigenvalue weighted by molar-refractivity contribution is 0.326. The lowest BCUT2D eigenvalue weighted by atomic mass is 10.2. The standard InChI is InChI=1S/C13H16N4O2/c1-3-19-12-7-11(16-9-17-12)15-8-10-5-4-6-14-13(10)18-2/h4-7,9H,3,8H2,1-2H3,(H,15,16,17). The number of hydrogen-bond donors (Lipinski definition) is 1. The van der Waals surface area contributed by atoms with Crippen molar-refractivity contribution in [1.82, 2.24) is 15.0 Å². The van der Waals surface area contributed by atoms with Gasteiger partial charge in [-0.2, -0.15) is 0 Å². The first kappa shape index (κ1) is 13.1. The van der Waals surface area contributed by atoms with Gasteiger partial charge < -0.3 is 14.8 Å². The zero-order valence-electron chi connectivity index (χ0n) is 11.0. The van der Waals surface area contributed by atoms with Crippen LogP contribution < -0.4 is 14.8 Å². The second kappa shape index (κ2) is 6.53. The summed E-state index contributed by atoms with van der Waals surface area (Å²) in [6.07, 6.45) is 3.16. The molecule has 0 aromatic carbocycles. The minimum atomic E-state index is 0.554. The van der Waals surface area contributed by atoms with E-state index >= 15 is 0 Å². The maximum absolute atomic E-state index is 5.32. The fourth-order valence-electron chi connectivity index (χ4n) is 1.59. The summed E-state index contributed by atoms with van der Waals surface area (Å²) < 4.78 is 10.5. The van der Waals surface area contributed by atoms with Gasteiger partial charge >= 0.3 is 0 Å². The van der Waals surface area contributed by atoms with Crippen molar-refractivity contribution in [1.29, 1.82) is 0 Å². The van der Waals surface area contributed by atoms with Gasteiger partial charge in [0.05, 0.1) is 13.7 Å². The number of aromatic nitrogens is 3. The molecule has 1 N–H and O–H groups in total. The Bertz CT molecular complexity index is 534. The summed E-state index contributed by atoms with van der Waals surface area (Å²) in [5, 5.41) is 3.18. The van der Waals surface area contributed by atoms with Crippen molar-refractivity contribution in [2.45, 2.75) is 13.5 Å². The summed E-state index contributed by atoms with van der Waals surface area (Å²) in [4.78, 5) is 12.3. The Balaban J connectivity index is 2.03. The molecule has 0 aliphatic rings. The molecule has 0 saturated carbocycles. The van der Waals surface area contributed by atoms with Crippen molar-refractivity contribution in [3.63, 3.8) is 0 Å². The number of anilines is 1. The zero-order valence-corrected chi connectivity index (χ0v) is 11.0. The minimum Gasteiger partial charge on any atom is -0.481 e. The molecule has 0 radical (unpaired) electrons. The largest absolute Gasteiger partial charge is 0.481 e. The van der Waals surface area contributed by atoms with Gasteiger partial charge in [-0.15, -0.1) is 0 Å². The van der Waals surface area contributed by atoms with Crippen LogP contribution in [0.1, 0.15) is 12.5 Å². The molecule has 0 fully saturated rings. The molecule has 0 bridgehead atoms. The highest BCUT2D eigenvalue weighted by molar-refractivity contribution is 5.39. The van der Waals surface area contributed by atoms with Gasteiger partial charge in [0.1, 0.15) is 12.1 Å². The van der Waals surface area contributed by atoms with Crippen molar-refractivity contribution in [2.24, 2.45) is 0 Å². The van der Waals surface area contributed by atoms with Gasteiger partial charge in [-0.05, 0) is 13.0 Å². The third-order valence-electron chi connectivity index (χ3n) is 2.44. The molecule has 100 valence electrons. The van der Waals surface area contributed by atoms with Crippen LogP contribution in [-0.4, -0.2) is 28.7 Å². The SMILES string of the molecule is CCOc1cc(NCc2cccnc2OC)ncn1. The average Bonchev–Trinajstić information content (AvgIpc) is 2.46. The third kappa shape index (κ3) is 3.54. The van der Waals surface area contributed by atoms with Gasteiger partial charge in [0.15, 0.2) is 0 Å². The monoisotopic (exact) mass is 260 g/mol. The Labute approximate surface area is 111 Å². The van der Waals surface area contributed by atoms with Gasteiger partial charge in [0.25, 0.3) is 0 Å². The van der Waals surface area contributed by atoms with E-state index in [0.29, 0.717) is 30.7 Å². The second-order valence-electron chi connectivity index (χ2n) is 3.70. The molecule has 0 aliphatic heterocycles. The van der Waals surface area contributed by atoms with Crippen LogP contribution in [0.25, 0.3) is 0 Å². The van der Waals surface area contributed by atoms with E-state index in [0.717, 1.165) is 5.56 Å². The molecule has 2 aromatic heterocycles. The number of methoxy groups -OCH3 is 1. The molecule has 0 spiro atoms. The van der Waals surface area contributed by atoms with E-state index in [9.17, 15) is 0 Å². The maximum Gasteiger partial charge on any atom is 0.218 e. The van der Waals surface area contributed by atoms with E-state index in [1.54, 1.807) is 19.4 Å². The molecule has 2 heterocycles. The predicted molar refractivity (Wildman–Crippen MR) is 71.3 cm³/mol. The molecule has 6 heteroatoms. The van der Waals surface area contributed by atoms with Crippen LogP contribution in [0.15, 0.2) is 30.7 Å². The molecule has 19 heavy (non-hydrogen) atoms. The highest BCUT2D eigenvalue weighted by Crippen LogP contribution is 2.16. The van der Waals surface area contributed by atoms with Crippen LogP contribution in [0.3, 0.4) is 0 Å². The molecular formula is C13H16N4O2. The van der Waals surface area contributed by atoms with Gasteiger partial charge in [0.2, 0.25) is 11.8 Å². The van der Waals surface area contributed by atoms with Gasteiger partial charge in [-0.1, -0.05) is 6.07 Å². The normalized spacial score (nSPS) is 10.0. The molecule has 0 atom stereocenters. The lowest BCUT2D eigenvalue weighted by Gasteiger charge is -2.09. The van der Waals surface area contributed by atoms with Crippen LogP contribution in [0.2, 0.25) is 0 Å². The topological polar surface area (TPSA) is 69.2 Å². The zero-order chi connectivity index (χ0) is 13.5. The minimum absolute atomic E-state index is 0.554. The number of ether oxygens (including phenoxy) is 2. The number of hydrogen-bond acceptors (Lipinski definition) is 6. The number of rotatable bonds is 6. The van der Waals surface area contributed by atoms with Crippen molar-refractivity contribution in [3.05, 3.63) is 36.3 Å². The first-order valence-electron chi connectivity index (χ1n) is 6.00. The van der Waals surface area contributed by atoms with Gasteiger partial charge in [-0.3, -0.25) is 0 Å². The number of nitrogens with zero attached hydrogens (tertiary/aromatic N) is 3. The first-order chi connectivity index (χ1) is 9.33. The van der Waals surface area contributed by atoms with Crippen LogP contribution >= 0.6 is 0 Å². The quantitative estimate of drug-likeness (QED) is 0.855. The Morgan fingerprint density at radius 1 is 1.26 bits per heavy atom. The fraction of sp³-hybridized carbons (Fsp3) is 0.308. The molecule has 0 amide bonds. The molecule has 2 rings (SSSR count). The fourth-order valence-corrected chi connectivity index (χ4v) is 1.59. The van der Waals surface area contributed by atoms with Crippen LogP contribution in [0.5, 0.6) is 11.8 Å². The van der Waals surface area contributed by atoms with Gasteiger partial charge in [-0.25, -0.2) is 15.0 Å². The summed E-state index contributed by atoms with van der Waals surface area (Å²) in [6, 6.07) is 5.57. The van der Waals surface area contributed by atoms with E-state index in [4.69, 9.17) is 9.47 Å². The predicted octanol–water partition coefficient (Wildman–Crippen LogP) is 1.89. The van der Waals surface area contributed by atoms with Crippen LogP contribution in [0.4, 0.5) is 5.82 Å². The molecule has 0 unspecified atom stereocenters. The Morgan fingerprint density at radius 3 is 2.95 bits per heavy atom.